The van der Waals surface area contributed by atoms with Crippen molar-refractivity contribution in [3.8, 4) is 11.6 Å². The van der Waals surface area contributed by atoms with Crippen LogP contribution in [-0.2, 0) is 11.3 Å². The summed E-state index contributed by atoms with van der Waals surface area (Å²) in [6.45, 7) is 2.36. The number of nitrogens with zero attached hydrogens (tertiary/aromatic N) is 2. The van der Waals surface area contributed by atoms with Gasteiger partial charge in [0.05, 0.1) is 28.4 Å². The number of hydrogen-bond acceptors (Lipinski definition) is 7. The molecule has 3 N–H and O–H groups in total. The van der Waals surface area contributed by atoms with E-state index in [-0.39, 0.29) is 22.4 Å². The Labute approximate surface area is 223 Å². The fraction of sp³-hybridized carbons (Fsp3) is 0.320. The van der Waals surface area contributed by atoms with Gasteiger partial charge in [-0.2, -0.15) is 5.10 Å². The molecule has 0 aliphatic rings. The number of hydrogen-bond donors (Lipinski definition) is 3. The van der Waals surface area contributed by atoms with Crippen LogP contribution in [0.2, 0.25) is 0 Å². The summed E-state index contributed by atoms with van der Waals surface area (Å²) < 4.78 is 52.6. The predicted molar refractivity (Wildman–Crippen MR) is 136 cm³/mol. The second kappa shape index (κ2) is 12.4. The van der Waals surface area contributed by atoms with E-state index in [1.54, 1.807) is 24.4 Å². The molecule has 0 saturated carbocycles. The topological polar surface area (TPSA) is 119 Å². The van der Waals surface area contributed by atoms with Gasteiger partial charge in [-0.15, -0.1) is 13.2 Å². The molecule has 38 heavy (non-hydrogen) atoms. The Hall–Kier alpha value is -3.42. The highest BCUT2D eigenvalue weighted by Gasteiger charge is 2.31. The number of carboxylic acid groups (broad SMARTS) is 1. The average Bonchev–Trinajstić information content (AvgIpc) is 3.36. The Balaban J connectivity index is 1.14. The molecule has 13 heteroatoms. The van der Waals surface area contributed by atoms with Gasteiger partial charge >= 0.3 is 12.3 Å². The van der Waals surface area contributed by atoms with Crippen molar-refractivity contribution < 1.29 is 37.3 Å². The second-order valence-corrected chi connectivity index (χ2v) is 9.12. The predicted octanol–water partition coefficient (Wildman–Crippen LogP) is 5.44. The van der Waals surface area contributed by atoms with Crippen molar-refractivity contribution in [2.24, 2.45) is 0 Å². The van der Waals surface area contributed by atoms with Crippen molar-refractivity contribution in [3.63, 3.8) is 0 Å². The summed E-state index contributed by atoms with van der Waals surface area (Å²) >= 11 is 3.10. The zero-order chi connectivity index (χ0) is 27.1. The summed E-state index contributed by atoms with van der Waals surface area (Å²) in [4.78, 5) is 15.7. The zero-order valence-electron chi connectivity index (χ0n) is 20.0. The molecule has 0 radical (unpaired) electrons. The van der Waals surface area contributed by atoms with Gasteiger partial charge in [0.1, 0.15) is 17.9 Å². The molecule has 0 aliphatic carbocycles. The Morgan fingerprint density at radius 3 is 2.68 bits per heavy atom. The van der Waals surface area contributed by atoms with Crippen LogP contribution in [0.1, 0.15) is 28.8 Å². The molecule has 0 bridgehead atoms. The molecular weight excluding hydrogens is 573 g/mol. The van der Waals surface area contributed by atoms with Crippen molar-refractivity contribution in [2.75, 3.05) is 26.4 Å². The third-order valence-electron chi connectivity index (χ3n) is 5.52. The van der Waals surface area contributed by atoms with Gasteiger partial charge in [0.15, 0.2) is 0 Å². The first-order valence-electron chi connectivity index (χ1n) is 11.7. The number of pyridine rings is 1. The Bertz CT molecular complexity index is 1410. The number of aromatic nitrogens is 3. The highest BCUT2D eigenvalue weighted by atomic mass is 79.9. The van der Waals surface area contributed by atoms with Crippen LogP contribution in [0.15, 0.2) is 47.1 Å². The monoisotopic (exact) mass is 596 g/mol. The molecule has 0 fully saturated rings. The van der Waals surface area contributed by atoms with Gasteiger partial charge in [0, 0.05) is 23.9 Å². The Morgan fingerprint density at radius 1 is 1.08 bits per heavy atom. The van der Waals surface area contributed by atoms with E-state index in [0.29, 0.717) is 36.7 Å². The van der Waals surface area contributed by atoms with Crippen LogP contribution in [0.4, 0.5) is 13.2 Å². The van der Waals surface area contributed by atoms with Crippen molar-refractivity contribution in [1.82, 2.24) is 20.5 Å². The standard InChI is InChI=1S/C25H24BrF3N4O5/c26-19-11-15(3-6-21(19)38-25(27,28)29)13-30-7-1-2-8-36-9-10-37-23-22-18(14-31-33-22)17-5-4-16(24(34)35)12-20(17)32-23/h3-6,11-12,14,30H,1-2,7-10,13H2,(H,31,33)(H,34,35). The molecule has 9 nitrogen and oxygen atoms in total. The van der Waals surface area contributed by atoms with Crippen molar-refractivity contribution >= 4 is 43.7 Å². The summed E-state index contributed by atoms with van der Waals surface area (Å²) in [6, 6.07) is 9.17. The first-order chi connectivity index (χ1) is 18.2. The number of aromatic carboxylic acids is 1. The van der Waals surface area contributed by atoms with Crippen molar-refractivity contribution in [3.05, 3.63) is 58.2 Å². The zero-order valence-corrected chi connectivity index (χ0v) is 21.6. The van der Waals surface area contributed by atoms with Crippen LogP contribution in [0.25, 0.3) is 21.8 Å². The third kappa shape index (κ3) is 7.33. The third-order valence-corrected chi connectivity index (χ3v) is 6.14. The van der Waals surface area contributed by atoms with Gasteiger partial charge in [-0.25, -0.2) is 9.78 Å². The van der Waals surface area contributed by atoms with Gasteiger partial charge < -0.3 is 24.6 Å². The quantitative estimate of drug-likeness (QED) is 0.175. The number of halogens is 4. The lowest BCUT2D eigenvalue weighted by Crippen LogP contribution is -2.18. The van der Waals surface area contributed by atoms with E-state index in [2.05, 4.69) is 41.2 Å². The van der Waals surface area contributed by atoms with E-state index in [1.165, 1.54) is 18.2 Å². The molecule has 0 unspecified atom stereocenters. The van der Waals surface area contributed by atoms with Gasteiger partial charge in [-0.1, -0.05) is 12.1 Å². The molecule has 4 rings (SSSR count). The van der Waals surface area contributed by atoms with Gasteiger partial charge in [-0.05, 0) is 65.1 Å². The Kier molecular flexibility index (Phi) is 9.02. The summed E-state index contributed by atoms with van der Waals surface area (Å²) in [5, 5.41) is 21.0. The molecular formula is C25H24BrF3N4O5. The number of benzene rings is 2. The number of ether oxygens (including phenoxy) is 3. The maximum atomic E-state index is 12.4. The maximum Gasteiger partial charge on any atom is 0.573 e. The number of alkyl halides is 3. The normalized spacial score (nSPS) is 11.8. The summed E-state index contributed by atoms with van der Waals surface area (Å²) in [5.74, 6) is -0.987. The molecule has 0 atom stereocenters. The number of H-pyrrole nitrogens is 1. The number of unbranched alkanes of at least 4 members (excludes halogenated alkanes) is 1. The molecule has 0 amide bonds. The number of carbonyl (C=O) groups is 1. The molecule has 0 saturated heterocycles. The first kappa shape index (κ1) is 27.6. The van der Waals surface area contributed by atoms with E-state index >= 15 is 0 Å². The summed E-state index contributed by atoms with van der Waals surface area (Å²) in [6.07, 6.45) is -1.42. The number of nitrogens with one attached hydrogen (secondary N) is 2. The van der Waals surface area contributed by atoms with E-state index < -0.39 is 12.3 Å². The van der Waals surface area contributed by atoms with E-state index in [9.17, 15) is 23.1 Å². The van der Waals surface area contributed by atoms with Gasteiger partial charge in [-0.3, -0.25) is 5.10 Å². The lowest BCUT2D eigenvalue weighted by atomic mass is 10.1. The van der Waals surface area contributed by atoms with E-state index in [0.717, 1.165) is 35.7 Å². The average molecular weight is 597 g/mol. The molecule has 2 aromatic carbocycles. The maximum absolute atomic E-state index is 12.4. The van der Waals surface area contributed by atoms with Crippen LogP contribution < -0.4 is 14.8 Å². The fourth-order valence-electron chi connectivity index (χ4n) is 3.76. The fourth-order valence-corrected chi connectivity index (χ4v) is 4.26. The molecule has 2 aromatic heterocycles. The molecule has 202 valence electrons. The largest absolute Gasteiger partial charge is 0.573 e. The number of aromatic amines is 1. The van der Waals surface area contributed by atoms with E-state index in [1.807, 2.05) is 0 Å². The minimum atomic E-state index is -4.73. The summed E-state index contributed by atoms with van der Waals surface area (Å²) in [5.41, 5.74) is 2.09. The molecule has 4 aromatic rings. The molecule has 0 spiro atoms. The van der Waals surface area contributed by atoms with Crippen LogP contribution >= 0.6 is 15.9 Å². The number of rotatable bonds is 13. The highest BCUT2D eigenvalue weighted by Crippen LogP contribution is 2.31. The van der Waals surface area contributed by atoms with Crippen molar-refractivity contribution in [2.45, 2.75) is 25.7 Å². The number of fused-ring (bicyclic) bond motifs is 3. The first-order valence-corrected chi connectivity index (χ1v) is 12.5. The molecule has 0 aliphatic heterocycles. The number of carboxylic acids is 1. The Morgan fingerprint density at radius 2 is 1.92 bits per heavy atom. The van der Waals surface area contributed by atoms with Crippen LogP contribution in [0, 0.1) is 0 Å². The summed E-state index contributed by atoms with van der Waals surface area (Å²) in [7, 11) is 0. The van der Waals surface area contributed by atoms with Crippen molar-refractivity contribution in [1.29, 1.82) is 0 Å². The van der Waals surface area contributed by atoms with E-state index in [4.69, 9.17) is 9.47 Å². The van der Waals surface area contributed by atoms with Crippen LogP contribution in [0.5, 0.6) is 11.6 Å². The van der Waals surface area contributed by atoms with Gasteiger partial charge in [0.2, 0.25) is 5.88 Å². The SMILES string of the molecule is O=C(O)c1ccc2c(c1)nc(OCCOCCCCNCc1ccc(OC(F)(F)F)c(Br)c1)c1[nH]ncc12. The lowest BCUT2D eigenvalue weighted by Gasteiger charge is -2.12. The minimum absolute atomic E-state index is 0.137. The second-order valence-electron chi connectivity index (χ2n) is 8.27. The smallest absolute Gasteiger partial charge is 0.478 e. The highest BCUT2D eigenvalue weighted by molar-refractivity contribution is 9.10. The van der Waals surface area contributed by atoms with Gasteiger partial charge in [0.25, 0.3) is 0 Å². The minimum Gasteiger partial charge on any atom is -0.478 e. The van der Waals surface area contributed by atoms with Crippen LogP contribution in [-0.4, -0.2) is 59.0 Å². The van der Waals surface area contributed by atoms with Crippen LogP contribution in [0.3, 0.4) is 0 Å². The molecule has 2 heterocycles. The lowest BCUT2D eigenvalue weighted by molar-refractivity contribution is -0.274.